The van der Waals surface area contributed by atoms with E-state index >= 15 is 0 Å². The average molecular weight is 363 g/mol. The van der Waals surface area contributed by atoms with Crippen molar-refractivity contribution >= 4 is 23.4 Å². The maximum atomic E-state index is 11.9. The number of hydrogen-bond acceptors (Lipinski definition) is 5. The Morgan fingerprint density at radius 1 is 1.04 bits per heavy atom. The predicted molar refractivity (Wildman–Crippen MR) is 102 cm³/mol. The third kappa shape index (κ3) is 8.48. The van der Waals surface area contributed by atoms with Gasteiger partial charge in [0.15, 0.2) is 0 Å². The third-order valence-electron chi connectivity index (χ3n) is 3.71. The molecule has 1 aromatic carbocycles. The van der Waals surface area contributed by atoms with Crippen LogP contribution in [0.2, 0.25) is 0 Å². The Morgan fingerprint density at radius 2 is 1.73 bits per heavy atom. The Hall–Kier alpha value is -2.61. The summed E-state index contributed by atoms with van der Waals surface area (Å²) in [6.45, 7) is 3.24. The van der Waals surface area contributed by atoms with Crippen molar-refractivity contribution in [2.45, 2.75) is 32.4 Å². The molecule has 0 radical (unpaired) electrons. The van der Waals surface area contributed by atoms with Gasteiger partial charge in [-0.2, -0.15) is 0 Å². The number of benzene rings is 1. The molecule has 0 aliphatic carbocycles. The van der Waals surface area contributed by atoms with Crippen LogP contribution in [0.5, 0.6) is 0 Å². The molecule has 0 bridgehead atoms. The highest BCUT2D eigenvalue weighted by molar-refractivity contribution is 5.87. The topological polar surface area (TPSA) is 111 Å². The second-order valence-corrected chi connectivity index (χ2v) is 5.91. The van der Waals surface area contributed by atoms with Gasteiger partial charge in [0.1, 0.15) is 6.04 Å². The van der Waals surface area contributed by atoms with Crippen LogP contribution >= 0.6 is 0 Å². The largest absolute Gasteiger partial charge is 0.383 e. The molecular weight excluding hydrogens is 334 g/mol. The summed E-state index contributed by atoms with van der Waals surface area (Å²) in [6, 6.07) is 7.38. The zero-order valence-corrected chi connectivity index (χ0v) is 15.6. The Labute approximate surface area is 154 Å². The molecule has 0 saturated carbocycles. The summed E-state index contributed by atoms with van der Waals surface area (Å²) in [7, 11) is 3.40. The third-order valence-corrected chi connectivity index (χ3v) is 3.71. The molecule has 8 nitrogen and oxygen atoms in total. The monoisotopic (exact) mass is 363 g/mol. The zero-order valence-electron chi connectivity index (χ0n) is 15.6. The van der Waals surface area contributed by atoms with Gasteiger partial charge in [-0.3, -0.25) is 14.4 Å². The molecule has 0 aliphatic heterocycles. The second-order valence-electron chi connectivity index (χ2n) is 5.91. The van der Waals surface area contributed by atoms with Crippen LogP contribution in [-0.4, -0.2) is 50.9 Å². The molecule has 0 fully saturated rings. The highest BCUT2D eigenvalue weighted by Gasteiger charge is 2.19. The van der Waals surface area contributed by atoms with Gasteiger partial charge >= 0.3 is 0 Å². The Morgan fingerprint density at radius 3 is 2.31 bits per heavy atom. The Kier molecular flexibility index (Phi) is 9.78. The molecular formula is C18H29N5O3. The zero-order chi connectivity index (χ0) is 19.4. The van der Waals surface area contributed by atoms with Crippen molar-refractivity contribution in [3.05, 3.63) is 29.8 Å². The lowest BCUT2D eigenvalue weighted by molar-refractivity contribution is -0.128. The minimum absolute atomic E-state index is 0.157. The molecule has 0 heterocycles. The van der Waals surface area contributed by atoms with Gasteiger partial charge in [-0.15, -0.1) is 0 Å². The molecule has 1 unspecified atom stereocenters. The van der Waals surface area contributed by atoms with E-state index in [-0.39, 0.29) is 30.6 Å². The molecule has 1 rings (SSSR count). The minimum atomic E-state index is -0.697. The molecule has 8 heteroatoms. The van der Waals surface area contributed by atoms with Crippen LogP contribution in [0.4, 0.5) is 5.69 Å². The number of likely N-dealkylation sites (N-methyl/N-ethyl adjacent to an activating group) is 1. The van der Waals surface area contributed by atoms with Gasteiger partial charge in [0.2, 0.25) is 17.7 Å². The molecule has 1 aromatic rings. The summed E-state index contributed by atoms with van der Waals surface area (Å²) in [5.74, 6) is -0.768. The first-order chi connectivity index (χ1) is 12.5. The normalized spacial score (nSPS) is 11.3. The van der Waals surface area contributed by atoms with Crippen LogP contribution in [0.3, 0.4) is 0 Å². The van der Waals surface area contributed by atoms with Gasteiger partial charge in [0.25, 0.3) is 0 Å². The number of anilines is 1. The van der Waals surface area contributed by atoms with Gasteiger partial charge < -0.3 is 26.6 Å². The van der Waals surface area contributed by atoms with Gasteiger partial charge in [0.05, 0.1) is 0 Å². The maximum absolute atomic E-state index is 11.9. The summed E-state index contributed by atoms with van der Waals surface area (Å²) in [4.78, 5) is 34.7. The van der Waals surface area contributed by atoms with Crippen LogP contribution in [0.25, 0.3) is 0 Å². The molecule has 0 aromatic heterocycles. The van der Waals surface area contributed by atoms with Crippen molar-refractivity contribution in [1.29, 1.82) is 0 Å². The van der Waals surface area contributed by atoms with E-state index in [0.717, 1.165) is 12.2 Å². The van der Waals surface area contributed by atoms with Crippen LogP contribution in [0.15, 0.2) is 24.3 Å². The molecule has 0 saturated heterocycles. The first-order valence-corrected chi connectivity index (χ1v) is 8.69. The number of nitrogens with one attached hydrogen (secondary N) is 5. The van der Waals surface area contributed by atoms with Crippen molar-refractivity contribution in [3.8, 4) is 0 Å². The molecule has 3 amide bonds. The van der Waals surface area contributed by atoms with Crippen LogP contribution in [-0.2, 0) is 20.9 Å². The van der Waals surface area contributed by atoms with Crippen LogP contribution < -0.4 is 26.6 Å². The van der Waals surface area contributed by atoms with Gasteiger partial charge in [0, 0.05) is 45.7 Å². The summed E-state index contributed by atoms with van der Waals surface area (Å²) < 4.78 is 0. The first kappa shape index (κ1) is 21.4. The van der Waals surface area contributed by atoms with E-state index < -0.39 is 6.04 Å². The Balaban J connectivity index is 2.26. The highest BCUT2D eigenvalue weighted by Crippen LogP contribution is 2.08. The smallest absolute Gasteiger partial charge is 0.242 e. The van der Waals surface area contributed by atoms with E-state index in [1.165, 1.54) is 19.5 Å². The molecule has 5 N–H and O–H groups in total. The number of rotatable bonds is 11. The summed E-state index contributed by atoms with van der Waals surface area (Å²) in [5.41, 5.74) is 2.20. The van der Waals surface area contributed by atoms with Crippen molar-refractivity contribution in [2.24, 2.45) is 0 Å². The lowest BCUT2D eigenvalue weighted by Gasteiger charge is -2.16. The summed E-state index contributed by atoms with van der Waals surface area (Å²) in [5, 5.41) is 14.1. The van der Waals surface area contributed by atoms with Crippen molar-refractivity contribution < 1.29 is 14.4 Å². The van der Waals surface area contributed by atoms with E-state index in [9.17, 15) is 14.4 Å². The van der Waals surface area contributed by atoms with Gasteiger partial charge in [-0.05, 0) is 31.2 Å². The van der Waals surface area contributed by atoms with Crippen molar-refractivity contribution in [1.82, 2.24) is 21.3 Å². The fourth-order valence-corrected chi connectivity index (χ4v) is 2.41. The van der Waals surface area contributed by atoms with E-state index in [2.05, 4.69) is 26.6 Å². The van der Waals surface area contributed by atoms with E-state index in [1.54, 1.807) is 0 Å². The molecule has 0 aliphatic rings. The molecule has 144 valence electrons. The molecule has 0 spiro atoms. The number of carbonyl (C=O) groups excluding carboxylic acids is 3. The van der Waals surface area contributed by atoms with Crippen molar-refractivity contribution in [3.63, 3.8) is 0 Å². The lowest BCUT2D eigenvalue weighted by atomic mass is 10.1. The van der Waals surface area contributed by atoms with Crippen LogP contribution in [0, 0.1) is 0 Å². The minimum Gasteiger partial charge on any atom is -0.383 e. The second kappa shape index (κ2) is 11.9. The molecule has 1 atom stereocenters. The van der Waals surface area contributed by atoms with Gasteiger partial charge in [-0.25, -0.2) is 0 Å². The highest BCUT2D eigenvalue weighted by atomic mass is 16.2. The predicted octanol–water partition coefficient (Wildman–Crippen LogP) is -0.0350. The lowest BCUT2D eigenvalue weighted by Crippen LogP contribution is -2.45. The first-order valence-electron chi connectivity index (χ1n) is 8.69. The summed E-state index contributed by atoms with van der Waals surface area (Å²) in [6.07, 6.45) is 0.419. The van der Waals surface area contributed by atoms with E-state index in [0.29, 0.717) is 13.1 Å². The number of amides is 3. The van der Waals surface area contributed by atoms with E-state index in [4.69, 9.17) is 0 Å². The fourth-order valence-electron chi connectivity index (χ4n) is 2.41. The maximum Gasteiger partial charge on any atom is 0.242 e. The SMILES string of the molecule is CNCc1ccc(NCCNC(=O)CCC(NC(C)=O)C(=O)NC)cc1. The number of carbonyl (C=O) groups is 3. The van der Waals surface area contributed by atoms with E-state index in [1.807, 2.05) is 31.3 Å². The Bertz CT molecular complexity index is 589. The average Bonchev–Trinajstić information content (AvgIpc) is 2.62. The quantitative estimate of drug-likeness (QED) is 0.355. The van der Waals surface area contributed by atoms with Gasteiger partial charge in [-0.1, -0.05) is 12.1 Å². The van der Waals surface area contributed by atoms with Crippen molar-refractivity contribution in [2.75, 3.05) is 32.5 Å². The molecule has 26 heavy (non-hydrogen) atoms. The van der Waals surface area contributed by atoms with Crippen LogP contribution in [0.1, 0.15) is 25.3 Å². The standard InChI is InChI=1S/C18H29N5O3/c1-13(24)23-16(18(26)20-3)8-9-17(25)22-11-10-21-15-6-4-14(5-7-15)12-19-2/h4-7,16,19,21H,8-12H2,1-3H3,(H,20,26)(H,22,25)(H,23,24). The number of hydrogen-bond donors (Lipinski definition) is 5. The fraction of sp³-hybridized carbons (Fsp3) is 0.500. The summed E-state index contributed by atoms with van der Waals surface area (Å²) >= 11 is 0.